The molecule has 0 aliphatic rings. The number of halogens is 2. The molecular formula is C13H20F2N2S. The summed E-state index contributed by atoms with van der Waals surface area (Å²) in [5, 5.41) is 0. The van der Waals surface area contributed by atoms with Gasteiger partial charge in [-0.1, -0.05) is 19.9 Å². The zero-order valence-corrected chi connectivity index (χ0v) is 11.8. The standard InChI is InChI=1S/C13H20F2N2S/c1-8(2)6-18-7-11(17-16)12-10(14)5-4-9(3)13(12)15/h4-5,8,11,17H,6-7,16H2,1-3H3. The third-order valence-electron chi connectivity index (χ3n) is 2.60. The molecule has 0 spiro atoms. The van der Waals surface area contributed by atoms with E-state index in [1.54, 1.807) is 18.7 Å². The van der Waals surface area contributed by atoms with Crippen LogP contribution >= 0.6 is 11.8 Å². The van der Waals surface area contributed by atoms with Crippen LogP contribution in [0.3, 0.4) is 0 Å². The van der Waals surface area contributed by atoms with Crippen LogP contribution in [0.2, 0.25) is 0 Å². The third kappa shape index (κ3) is 3.93. The molecular weight excluding hydrogens is 254 g/mol. The van der Waals surface area contributed by atoms with E-state index in [0.29, 0.717) is 17.2 Å². The van der Waals surface area contributed by atoms with Crippen LogP contribution in [0.4, 0.5) is 8.78 Å². The van der Waals surface area contributed by atoms with E-state index in [0.717, 1.165) is 5.75 Å². The van der Waals surface area contributed by atoms with E-state index in [4.69, 9.17) is 5.84 Å². The molecule has 1 aromatic rings. The van der Waals surface area contributed by atoms with Crippen molar-refractivity contribution in [2.75, 3.05) is 11.5 Å². The van der Waals surface area contributed by atoms with Gasteiger partial charge in [-0.25, -0.2) is 8.78 Å². The second kappa shape index (κ2) is 7.07. The van der Waals surface area contributed by atoms with Crippen molar-refractivity contribution in [1.82, 2.24) is 5.43 Å². The van der Waals surface area contributed by atoms with Crippen molar-refractivity contribution >= 4 is 11.8 Å². The Labute approximate surface area is 111 Å². The lowest BCUT2D eigenvalue weighted by Crippen LogP contribution is -2.31. The highest BCUT2D eigenvalue weighted by Gasteiger charge is 2.20. The number of benzene rings is 1. The summed E-state index contributed by atoms with van der Waals surface area (Å²) in [6.07, 6.45) is 0. The average Bonchev–Trinajstić information content (AvgIpc) is 2.32. The summed E-state index contributed by atoms with van der Waals surface area (Å²) in [4.78, 5) is 0. The number of thioether (sulfide) groups is 1. The normalized spacial score (nSPS) is 13.1. The topological polar surface area (TPSA) is 38.0 Å². The zero-order chi connectivity index (χ0) is 13.7. The molecule has 102 valence electrons. The van der Waals surface area contributed by atoms with Gasteiger partial charge in [0.1, 0.15) is 11.6 Å². The zero-order valence-electron chi connectivity index (χ0n) is 11.0. The Kier molecular flexibility index (Phi) is 6.05. The summed E-state index contributed by atoms with van der Waals surface area (Å²) < 4.78 is 27.6. The summed E-state index contributed by atoms with van der Waals surface area (Å²) in [6.45, 7) is 5.82. The number of hydrazine groups is 1. The van der Waals surface area contributed by atoms with Crippen LogP contribution in [0.15, 0.2) is 12.1 Å². The molecule has 1 aromatic carbocycles. The molecule has 0 aliphatic heterocycles. The van der Waals surface area contributed by atoms with Crippen LogP contribution in [0, 0.1) is 24.5 Å². The lowest BCUT2D eigenvalue weighted by atomic mass is 10.0. The molecule has 0 aromatic heterocycles. The van der Waals surface area contributed by atoms with Crippen LogP contribution in [0.5, 0.6) is 0 Å². The van der Waals surface area contributed by atoms with Crippen molar-refractivity contribution in [2.45, 2.75) is 26.8 Å². The van der Waals surface area contributed by atoms with E-state index in [-0.39, 0.29) is 5.56 Å². The second-order valence-corrected chi connectivity index (χ2v) is 5.82. The lowest BCUT2D eigenvalue weighted by Gasteiger charge is -2.18. The van der Waals surface area contributed by atoms with Crippen LogP contribution in [0.25, 0.3) is 0 Å². The van der Waals surface area contributed by atoms with Crippen molar-refractivity contribution in [3.8, 4) is 0 Å². The molecule has 0 fully saturated rings. The van der Waals surface area contributed by atoms with Crippen molar-refractivity contribution < 1.29 is 8.78 Å². The van der Waals surface area contributed by atoms with Gasteiger partial charge in [-0.05, 0) is 30.2 Å². The smallest absolute Gasteiger partial charge is 0.133 e. The second-order valence-electron chi connectivity index (χ2n) is 4.74. The summed E-state index contributed by atoms with van der Waals surface area (Å²) in [7, 11) is 0. The Bertz CT molecular complexity index is 397. The SMILES string of the molecule is Cc1ccc(F)c(C(CSCC(C)C)NN)c1F. The molecule has 5 heteroatoms. The molecule has 1 unspecified atom stereocenters. The van der Waals surface area contributed by atoms with Crippen LogP contribution < -0.4 is 11.3 Å². The lowest BCUT2D eigenvalue weighted by molar-refractivity contribution is 0.496. The number of hydrogen-bond acceptors (Lipinski definition) is 3. The quantitative estimate of drug-likeness (QED) is 0.618. The molecule has 1 atom stereocenters. The van der Waals surface area contributed by atoms with Crippen LogP contribution in [-0.2, 0) is 0 Å². The molecule has 0 aliphatic carbocycles. The molecule has 0 radical (unpaired) electrons. The van der Waals surface area contributed by atoms with Crippen LogP contribution in [0.1, 0.15) is 31.0 Å². The summed E-state index contributed by atoms with van der Waals surface area (Å²) >= 11 is 1.64. The number of nitrogens with one attached hydrogen (secondary N) is 1. The monoisotopic (exact) mass is 274 g/mol. The fraction of sp³-hybridized carbons (Fsp3) is 0.538. The molecule has 0 saturated heterocycles. The molecule has 2 nitrogen and oxygen atoms in total. The van der Waals surface area contributed by atoms with Gasteiger partial charge in [0.15, 0.2) is 0 Å². The maximum atomic E-state index is 13.9. The number of nitrogens with two attached hydrogens (primary N) is 1. The predicted molar refractivity (Wildman–Crippen MR) is 73.3 cm³/mol. The van der Waals surface area contributed by atoms with Crippen LogP contribution in [-0.4, -0.2) is 11.5 Å². The minimum absolute atomic E-state index is 0.0359. The Balaban J connectivity index is 2.85. The van der Waals surface area contributed by atoms with Gasteiger partial charge < -0.3 is 0 Å². The highest BCUT2D eigenvalue weighted by atomic mass is 32.2. The molecule has 0 amide bonds. The maximum Gasteiger partial charge on any atom is 0.133 e. The third-order valence-corrected chi connectivity index (χ3v) is 4.08. The first-order chi connectivity index (χ1) is 8.47. The summed E-state index contributed by atoms with van der Waals surface area (Å²) in [5.74, 6) is 6.38. The van der Waals surface area contributed by atoms with Crippen molar-refractivity contribution in [3.63, 3.8) is 0 Å². The number of rotatable bonds is 6. The molecule has 0 bridgehead atoms. The van der Waals surface area contributed by atoms with Gasteiger partial charge in [0.05, 0.1) is 6.04 Å². The van der Waals surface area contributed by atoms with E-state index >= 15 is 0 Å². The van der Waals surface area contributed by atoms with Gasteiger partial charge in [-0.3, -0.25) is 11.3 Å². The van der Waals surface area contributed by atoms with Gasteiger partial charge in [0.2, 0.25) is 0 Å². The molecule has 0 saturated carbocycles. The number of aryl methyl sites for hydroxylation is 1. The first-order valence-corrected chi connectivity index (χ1v) is 7.11. The Morgan fingerprint density at radius 1 is 1.28 bits per heavy atom. The molecule has 0 heterocycles. The Morgan fingerprint density at radius 2 is 1.94 bits per heavy atom. The first kappa shape index (κ1) is 15.4. The summed E-state index contributed by atoms with van der Waals surface area (Å²) in [6, 6.07) is 2.21. The van der Waals surface area contributed by atoms with Gasteiger partial charge in [-0.2, -0.15) is 11.8 Å². The molecule has 3 N–H and O–H groups in total. The van der Waals surface area contributed by atoms with Gasteiger partial charge in [-0.15, -0.1) is 0 Å². The molecule has 18 heavy (non-hydrogen) atoms. The van der Waals surface area contributed by atoms with E-state index in [9.17, 15) is 8.78 Å². The van der Waals surface area contributed by atoms with Crippen molar-refractivity contribution in [3.05, 3.63) is 34.9 Å². The molecule has 1 rings (SSSR count). The Hall–Kier alpha value is -0.650. The van der Waals surface area contributed by atoms with Gasteiger partial charge in [0, 0.05) is 11.3 Å². The highest BCUT2D eigenvalue weighted by Crippen LogP contribution is 2.26. The average molecular weight is 274 g/mol. The van der Waals surface area contributed by atoms with Crippen molar-refractivity contribution in [1.29, 1.82) is 0 Å². The highest BCUT2D eigenvalue weighted by molar-refractivity contribution is 7.99. The fourth-order valence-corrected chi connectivity index (χ4v) is 2.74. The van der Waals surface area contributed by atoms with Crippen molar-refractivity contribution in [2.24, 2.45) is 11.8 Å². The van der Waals surface area contributed by atoms with Gasteiger partial charge in [0.25, 0.3) is 0 Å². The fourth-order valence-electron chi connectivity index (χ4n) is 1.63. The minimum atomic E-state index is -0.550. The van der Waals surface area contributed by atoms with E-state index in [2.05, 4.69) is 19.3 Å². The largest absolute Gasteiger partial charge is 0.271 e. The van der Waals surface area contributed by atoms with E-state index in [1.807, 2.05) is 0 Å². The first-order valence-electron chi connectivity index (χ1n) is 5.95. The Morgan fingerprint density at radius 3 is 2.50 bits per heavy atom. The maximum absolute atomic E-state index is 13.9. The summed E-state index contributed by atoms with van der Waals surface area (Å²) in [5.41, 5.74) is 2.97. The minimum Gasteiger partial charge on any atom is -0.271 e. The predicted octanol–water partition coefficient (Wildman–Crippen LogP) is 3.17. The number of hydrogen-bond donors (Lipinski definition) is 2. The van der Waals surface area contributed by atoms with Gasteiger partial charge >= 0.3 is 0 Å². The van der Waals surface area contributed by atoms with E-state index in [1.165, 1.54) is 12.1 Å². The van der Waals surface area contributed by atoms with E-state index < -0.39 is 17.7 Å².